The lowest BCUT2D eigenvalue weighted by atomic mass is 10.0. The molecular weight excluding hydrogens is 212 g/mol. The summed E-state index contributed by atoms with van der Waals surface area (Å²) in [5, 5.41) is 14.2. The Kier molecular flexibility index (Phi) is 3.74. The van der Waals surface area contributed by atoms with Gasteiger partial charge < -0.3 is 20.5 Å². The third-order valence-corrected chi connectivity index (χ3v) is 2.03. The van der Waals surface area contributed by atoms with Gasteiger partial charge in [0.2, 0.25) is 5.91 Å². The molecule has 0 spiro atoms. The Bertz CT molecular complexity index is 285. The largest absolute Gasteiger partial charge is 0.444 e. The van der Waals surface area contributed by atoms with E-state index in [1.165, 1.54) is 0 Å². The lowest BCUT2D eigenvalue weighted by molar-refractivity contribution is -0.126. The van der Waals surface area contributed by atoms with Crippen molar-refractivity contribution in [1.29, 1.82) is 0 Å². The van der Waals surface area contributed by atoms with Gasteiger partial charge in [-0.1, -0.05) is 0 Å². The number of carbonyl (C=O) groups excluding carboxylic acids is 2. The minimum atomic E-state index is -0.724. The number of amides is 2. The molecule has 1 rings (SSSR count). The Hall–Kier alpha value is -1.30. The number of carbonyl (C=O) groups is 2. The highest BCUT2D eigenvalue weighted by Gasteiger charge is 2.30. The minimum Gasteiger partial charge on any atom is -0.444 e. The summed E-state index contributed by atoms with van der Waals surface area (Å²) < 4.78 is 5.01. The number of aliphatic hydroxyl groups excluding tert-OH is 1. The number of nitrogens with one attached hydrogen (secondary N) is 2. The van der Waals surface area contributed by atoms with Crippen LogP contribution in [0.4, 0.5) is 4.79 Å². The molecule has 1 aliphatic heterocycles. The fraction of sp³-hybridized carbons (Fsp3) is 0.800. The summed E-state index contributed by atoms with van der Waals surface area (Å²) in [6, 6.07) is -0.724. The van der Waals surface area contributed by atoms with Gasteiger partial charge in [-0.25, -0.2) is 4.79 Å². The summed E-state index contributed by atoms with van der Waals surface area (Å²) in [6.45, 7) is 5.44. The van der Waals surface area contributed by atoms with E-state index in [9.17, 15) is 14.7 Å². The monoisotopic (exact) mass is 230 g/mol. The number of hydrogen-bond acceptors (Lipinski definition) is 4. The third-order valence-electron chi connectivity index (χ3n) is 2.03. The summed E-state index contributed by atoms with van der Waals surface area (Å²) in [5.74, 6) is -0.295. The SMILES string of the molecule is CC(C)(C)OC(=O)N[C@H]1C[C@H](O)CNC1=O. The Morgan fingerprint density at radius 3 is 2.75 bits per heavy atom. The van der Waals surface area contributed by atoms with E-state index in [0.29, 0.717) is 0 Å². The van der Waals surface area contributed by atoms with Crippen LogP contribution in [0.25, 0.3) is 0 Å². The van der Waals surface area contributed by atoms with E-state index in [1.807, 2.05) is 0 Å². The quantitative estimate of drug-likeness (QED) is 0.580. The van der Waals surface area contributed by atoms with Crippen molar-refractivity contribution >= 4 is 12.0 Å². The maximum atomic E-state index is 11.4. The number of rotatable bonds is 1. The normalized spacial score (nSPS) is 25.9. The van der Waals surface area contributed by atoms with Gasteiger partial charge in [0.1, 0.15) is 11.6 Å². The summed E-state index contributed by atoms with van der Waals surface area (Å²) in [7, 11) is 0. The Balaban J connectivity index is 2.46. The molecule has 6 heteroatoms. The molecular formula is C10H18N2O4. The van der Waals surface area contributed by atoms with Crippen LogP contribution in [0.2, 0.25) is 0 Å². The molecule has 2 atom stereocenters. The lowest BCUT2D eigenvalue weighted by Crippen LogP contribution is -2.55. The first kappa shape index (κ1) is 12.8. The van der Waals surface area contributed by atoms with Crippen molar-refractivity contribution in [1.82, 2.24) is 10.6 Å². The van der Waals surface area contributed by atoms with Crippen LogP contribution >= 0.6 is 0 Å². The molecule has 1 saturated heterocycles. The molecule has 0 bridgehead atoms. The van der Waals surface area contributed by atoms with E-state index in [1.54, 1.807) is 20.8 Å². The van der Waals surface area contributed by atoms with Crippen molar-refractivity contribution in [3.63, 3.8) is 0 Å². The molecule has 16 heavy (non-hydrogen) atoms. The highest BCUT2D eigenvalue weighted by molar-refractivity contribution is 5.86. The second-order valence-corrected chi connectivity index (χ2v) is 4.83. The summed E-state index contributed by atoms with van der Waals surface area (Å²) in [6.07, 6.45) is -1.06. The predicted octanol–water partition coefficient (Wildman–Crippen LogP) is -0.240. The topological polar surface area (TPSA) is 87.7 Å². The zero-order chi connectivity index (χ0) is 12.3. The number of β-amino-alcohol motifs (C(OH)–C–C–N with tert-alkyl or cyclic N) is 1. The highest BCUT2D eigenvalue weighted by atomic mass is 16.6. The standard InChI is InChI=1S/C10H18N2O4/c1-10(2,3)16-9(15)12-7-4-6(13)5-11-8(7)14/h6-7,13H,4-5H2,1-3H3,(H,11,14)(H,12,15)/t6-,7-/m0/s1. The molecule has 1 aliphatic rings. The maximum Gasteiger partial charge on any atom is 0.408 e. The van der Waals surface area contributed by atoms with Gasteiger partial charge in [0, 0.05) is 13.0 Å². The summed E-state index contributed by atoms with van der Waals surface area (Å²) in [5.41, 5.74) is -0.603. The smallest absolute Gasteiger partial charge is 0.408 e. The maximum absolute atomic E-state index is 11.4. The van der Waals surface area contributed by atoms with E-state index < -0.39 is 23.8 Å². The molecule has 0 aromatic carbocycles. The fourth-order valence-electron chi connectivity index (χ4n) is 1.38. The van der Waals surface area contributed by atoms with Crippen LogP contribution in [0.1, 0.15) is 27.2 Å². The minimum absolute atomic E-state index is 0.213. The number of hydrogen-bond donors (Lipinski definition) is 3. The number of ether oxygens (including phenoxy) is 1. The van der Waals surface area contributed by atoms with Gasteiger partial charge in [-0.2, -0.15) is 0 Å². The van der Waals surface area contributed by atoms with Gasteiger partial charge in [-0.3, -0.25) is 4.79 Å². The van der Waals surface area contributed by atoms with Crippen molar-refractivity contribution in [3.8, 4) is 0 Å². The number of aliphatic hydroxyl groups is 1. The summed E-state index contributed by atoms with van der Waals surface area (Å²) in [4.78, 5) is 22.7. The van der Waals surface area contributed by atoms with Crippen molar-refractivity contribution in [3.05, 3.63) is 0 Å². The molecule has 6 nitrogen and oxygen atoms in total. The average Bonchev–Trinajstić information content (AvgIpc) is 2.08. The lowest BCUT2D eigenvalue weighted by Gasteiger charge is -2.28. The van der Waals surface area contributed by atoms with Crippen LogP contribution in [0, 0.1) is 0 Å². The van der Waals surface area contributed by atoms with Crippen LogP contribution < -0.4 is 10.6 Å². The van der Waals surface area contributed by atoms with Crippen molar-refractivity contribution < 1.29 is 19.4 Å². The number of piperidine rings is 1. The van der Waals surface area contributed by atoms with Gasteiger partial charge in [-0.05, 0) is 20.8 Å². The van der Waals surface area contributed by atoms with Crippen LogP contribution in [-0.2, 0) is 9.53 Å². The van der Waals surface area contributed by atoms with Crippen LogP contribution in [0.15, 0.2) is 0 Å². The molecule has 1 heterocycles. The van der Waals surface area contributed by atoms with Gasteiger partial charge in [-0.15, -0.1) is 0 Å². The van der Waals surface area contributed by atoms with Crippen molar-refractivity contribution in [2.24, 2.45) is 0 Å². The molecule has 3 N–H and O–H groups in total. The average molecular weight is 230 g/mol. The van der Waals surface area contributed by atoms with E-state index in [2.05, 4.69) is 10.6 Å². The molecule has 0 saturated carbocycles. The Labute approximate surface area is 94.3 Å². The molecule has 0 aliphatic carbocycles. The molecule has 0 radical (unpaired) electrons. The molecule has 0 unspecified atom stereocenters. The Morgan fingerprint density at radius 1 is 1.56 bits per heavy atom. The third kappa shape index (κ3) is 4.06. The second kappa shape index (κ2) is 4.69. The van der Waals surface area contributed by atoms with Crippen molar-refractivity contribution in [2.75, 3.05) is 6.54 Å². The van der Waals surface area contributed by atoms with Gasteiger partial charge in [0.15, 0.2) is 0 Å². The van der Waals surface area contributed by atoms with Gasteiger partial charge in [0.05, 0.1) is 6.10 Å². The highest BCUT2D eigenvalue weighted by Crippen LogP contribution is 2.09. The molecule has 0 aromatic rings. The zero-order valence-electron chi connectivity index (χ0n) is 9.74. The second-order valence-electron chi connectivity index (χ2n) is 4.83. The summed E-state index contributed by atoms with van der Waals surface area (Å²) >= 11 is 0. The van der Waals surface area contributed by atoms with Crippen LogP contribution in [0.5, 0.6) is 0 Å². The van der Waals surface area contributed by atoms with Crippen LogP contribution in [0.3, 0.4) is 0 Å². The first-order valence-corrected chi connectivity index (χ1v) is 5.23. The van der Waals surface area contributed by atoms with E-state index in [0.717, 1.165) is 0 Å². The molecule has 2 amide bonds. The molecule has 92 valence electrons. The first-order chi connectivity index (χ1) is 7.28. The van der Waals surface area contributed by atoms with Crippen molar-refractivity contribution in [2.45, 2.75) is 44.9 Å². The molecule has 1 fully saturated rings. The first-order valence-electron chi connectivity index (χ1n) is 5.23. The van der Waals surface area contributed by atoms with E-state index >= 15 is 0 Å². The van der Waals surface area contributed by atoms with Crippen LogP contribution in [-0.4, -0.2) is 41.4 Å². The zero-order valence-corrected chi connectivity index (χ0v) is 9.74. The van der Waals surface area contributed by atoms with Gasteiger partial charge in [0.25, 0.3) is 0 Å². The predicted molar refractivity (Wildman–Crippen MR) is 56.8 cm³/mol. The van der Waals surface area contributed by atoms with E-state index in [4.69, 9.17) is 4.74 Å². The fourth-order valence-corrected chi connectivity index (χ4v) is 1.38. The van der Waals surface area contributed by atoms with Gasteiger partial charge >= 0.3 is 6.09 Å². The molecule has 0 aromatic heterocycles. The van der Waals surface area contributed by atoms with E-state index in [-0.39, 0.29) is 18.9 Å². The number of alkyl carbamates (subject to hydrolysis) is 1. The Morgan fingerprint density at radius 2 is 2.19 bits per heavy atom.